The molecule has 92 valence electrons. The molecule has 0 unspecified atom stereocenters. The van der Waals surface area contributed by atoms with Gasteiger partial charge in [-0.2, -0.15) is 13.2 Å². The molecule has 0 aliphatic heterocycles. The van der Waals surface area contributed by atoms with Gasteiger partial charge in [-0.25, -0.2) is 4.79 Å². The van der Waals surface area contributed by atoms with Crippen molar-refractivity contribution in [2.45, 2.75) is 6.18 Å². The van der Waals surface area contributed by atoms with Crippen LogP contribution in [-0.2, 0) is 15.8 Å². The average molecular weight is 268 g/mol. The van der Waals surface area contributed by atoms with Crippen LogP contribution >= 0.6 is 11.6 Å². The van der Waals surface area contributed by atoms with E-state index in [0.29, 0.717) is 6.07 Å². The number of carbonyl (C=O) groups is 2. The van der Waals surface area contributed by atoms with Crippen LogP contribution in [0.4, 0.5) is 18.9 Å². The first-order valence-electron chi connectivity index (χ1n) is 4.13. The second kappa shape index (κ2) is 4.62. The van der Waals surface area contributed by atoms with Gasteiger partial charge in [-0.1, -0.05) is 11.6 Å². The van der Waals surface area contributed by atoms with Gasteiger partial charge in [0.05, 0.1) is 11.3 Å². The van der Waals surface area contributed by atoms with Crippen molar-refractivity contribution in [3.05, 3.63) is 28.8 Å². The number of amides is 1. The fraction of sp³-hybridized carbons (Fsp3) is 0.111. The first kappa shape index (κ1) is 13.3. The summed E-state index contributed by atoms with van der Waals surface area (Å²) < 4.78 is 37.6. The van der Waals surface area contributed by atoms with Crippen molar-refractivity contribution in [3.8, 4) is 0 Å². The van der Waals surface area contributed by atoms with E-state index in [1.54, 1.807) is 5.32 Å². The molecule has 0 fully saturated rings. The molecule has 0 aromatic heterocycles. The van der Waals surface area contributed by atoms with E-state index in [2.05, 4.69) is 0 Å². The van der Waals surface area contributed by atoms with Crippen molar-refractivity contribution in [2.75, 3.05) is 5.32 Å². The normalized spacial score (nSPS) is 11.1. The van der Waals surface area contributed by atoms with Crippen LogP contribution in [0.5, 0.6) is 0 Å². The number of benzene rings is 1. The standard InChI is InChI=1S/C9H5ClF3NO3/c10-4-1-2-6(14-7(15)8(16)17)5(3-4)9(11,12)13/h1-3H,(H,14,15)(H,16,17). The molecular weight excluding hydrogens is 263 g/mol. The lowest BCUT2D eigenvalue weighted by molar-refractivity contribution is -0.147. The summed E-state index contributed by atoms with van der Waals surface area (Å²) in [5.41, 5.74) is -1.87. The number of rotatable bonds is 1. The van der Waals surface area contributed by atoms with E-state index >= 15 is 0 Å². The summed E-state index contributed by atoms with van der Waals surface area (Å²) in [5.74, 6) is -3.44. The summed E-state index contributed by atoms with van der Waals surface area (Å²) in [6, 6.07) is 2.58. The number of aliphatic carboxylic acids is 1. The van der Waals surface area contributed by atoms with Crippen LogP contribution in [0.1, 0.15) is 5.56 Å². The molecule has 0 saturated heterocycles. The van der Waals surface area contributed by atoms with Gasteiger partial charge in [0.1, 0.15) is 0 Å². The molecule has 1 amide bonds. The van der Waals surface area contributed by atoms with Gasteiger partial charge in [0.25, 0.3) is 0 Å². The Labute approximate surface area is 98.0 Å². The highest BCUT2D eigenvalue weighted by Crippen LogP contribution is 2.36. The third-order valence-corrected chi connectivity index (χ3v) is 1.96. The lowest BCUT2D eigenvalue weighted by Crippen LogP contribution is -2.23. The van der Waals surface area contributed by atoms with Crippen molar-refractivity contribution in [3.63, 3.8) is 0 Å². The fourth-order valence-corrected chi connectivity index (χ4v) is 1.21. The van der Waals surface area contributed by atoms with E-state index in [4.69, 9.17) is 16.7 Å². The van der Waals surface area contributed by atoms with Crippen molar-refractivity contribution in [2.24, 2.45) is 0 Å². The summed E-state index contributed by atoms with van der Waals surface area (Å²) in [4.78, 5) is 21.0. The van der Waals surface area contributed by atoms with Gasteiger partial charge in [-0.05, 0) is 18.2 Å². The van der Waals surface area contributed by atoms with Crippen molar-refractivity contribution < 1.29 is 27.9 Å². The highest BCUT2D eigenvalue weighted by atomic mass is 35.5. The zero-order valence-corrected chi connectivity index (χ0v) is 8.76. The van der Waals surface area contributed by atoms with Gasteiger partial charge in [-0.3, -0.25) is 4.79 Å². The van der Waals surface area contributed by atoms with E-state index < -0.39 is 29.3 Å². The van der Waals surface area contributed by atoms with Crippen LogP contribution in [0, 0.1) is 0 Å². The zero-order chi connectivity index (χ0) is 13.2. The minimum absolute atomic E-state index is 0.175. The Bertz CT molecular complexity index is 473. The highest BCUT2D eigenvalue weighted by Gasteiger charge is 2.34. The molecule has 17 heavy (non-hydrogen) atoms. The lowest BCUT2D eigenvalue weighted by atomic mass is 10.1. The SMILES string of the molecule is O=C(O)C(=O)Nc1ccc(Cl)cc1C(F)(F)F. The predicted molar refractivity (Wildman–Crippen MR) is 52.7 cm³/mol. The number of carboxylic acid groups (broad SMARTS) is 1. The molecule has 0 spiro atoms. The van der Waals surface area contributed by atoms with E-state index in [9.17, 15) is 22.8 Å². The third kappa shape index (κ3) is 3.35. The Kier molecular flexibility index (Phi) is 3.62. The summed E-state index contributed by atoms with van der Waals surface area (Å²) in [7, 11) is 0. The molecule has 0 radical (unpaired) electrons. The molecule has 0 atom stereocenters. The van der Waals surface area contributed by atoms with Crippen molar-refractivity contribution in [1.82, 2.24) is 0 Å². The predicted octanol–water partition coefficient (Wildman–Crippen LogP) is 2.38. The van der Waals surface area contributed by atoms with E-state index in [1.807, 2.05) is 0 Å². The van der Waals surface area contributed by atoms with Gasteiger partial charge in [0, 0.05) is 5.02 Å². The second-order valence-corrected chi connectivity index (χ2v) is 3.38. The number of carboxylic acids is 1. The second-order valence-electron chi connectivity index (χ2n) is 2.95. The van der Waals surface area contributed by atoms with Gasteiger partial charge in [0.2, 0.25) is 0 Å². The van der Waals surface area contributed by atoms with Crippen LogP contribution < -0.4 is 5.32 Å². The Balaban J connectivity index is 3.16. The van der Waals surface area contributed by atoms with E-state index in [0.717, 1.165) is 12.1 Å². The minimum Gasteiger partial charge on any atom is -0.474 e. The third-order valence-electron chi connectivity index (χ3n) is 1.73. The summed E-state index contributed by atoms with van der Waals surface area (Å²) in [5, 5.41) is 9.72. The number of halogens is 4. The van der Waals surface area contributed by atoms with Crippen LogP contribution in [-0.4, -0.2) is 17.0 Å². The molecule has 2 N–H and O–H groups in total. The number of nitrogens with one attached hydrogen (secondary N) is 1. The van der Waals surface area contributed by atoms with Crippen LogP contribution in [0.25, 0.3) is 0 Å². The lowest BCUT2D eigenvalue weighted by Gasteiger charge is -2.12. The molecule has 1 aromatic rings. The Morgan fingerprint density at radius 3 is 2.35 bits per heavy atom. The molecule has 0 aliphatic carbocycles. The number of alkyl halides is 3. The molecule has 0 heterocycles. The fourth-order valence-electron chi connectivity index (χ4n) is 1.04. The van der Waals surface area contributed by atoms with Crippen LogP contribution in [0.2, 0.25) is 5.02 Å². The number of hydrogen-bond donors (Lipinski definition) is 2. The zero-order valence-electron chi connectivity index (χ0n) is 8.01. The quantitative estimate of drug-likeness (QED) is 0.768. The average Bonchev–Trinajstić information content (AvgIpc) is 2.18. The first-order valence-corrected chi connectivity index (χ1v) is 4.50. The van der Waals surface area contributed by atoms with Crippen molar-refractivity contribution >= 4 is 29.2 Å². The maximum absolute atomic E-state index is 12.5. The summed E-state index contributed by atoms with van der Waals surface area (Å²) in [6.45, 7) is 0. The van der Waals surface area contributed by atoms with Crippen LogP contribution in [0.3, 0.4) is 0 Å². The topological polar surface area (TPSA) is 66.4 Å². The van der Waals surface area contributed by atoms with E-state index in [1.165, 1.54) is 0 Å². The Morgan fingerprint density at radius 1 is 1.29 bits per heavy atom. The smallest absolute Gasteiger partial charge is 0.418 e. The Morgan fingerprint density at radius 2 is 1.88 bits per heavy atom. The van der Waals surface area contributed by atoms with Crippen LogP contribution in [0.15, 0.2) is 18.2 Å². The van der Waals surface area contributed by atoms with Gasteiger partial charge in [-0.15, -0.1) is 0 Å². The number of carbonyl (C=O) groups excluding carboxylic acids is 1. The number of anilines is 1. The molecule has 1 rings (SSSR count). The molecule has 0 saturated carbocycles. The van der Waals surface area contributed by atoms with Gasteiger partial charge in [0.15, 0.2) is 0 Å². The van der Waals surface area contributed by atoms with Gasteiger partial charge >= 0.3 is 18.1 Å². The molecule has 0 aliphatic rings. The van der Waals surface area contributed by atoms with Crippen molar-refractivity contribution in [1.29, 1.82) is 0 Å². The van der Waals surface area contributed by atoms with Gasteiger partial charge < -0.3 is 10.4 Å². The maximum atomic E-state index is 12.5. The largest absolute Gasteiger partial charge is 0.474 e. The highest BCUT2D eigenvalue weighted by molar-refractivity contribution is 6.36. The monoisotopic (exact) mass is 267 g/mol. The summed E-state index contributed by atoms with van der Waals surface area (Å²) in [6.07, 6.45) is -4.74. The maximum Gasteiger partial charge on any atom is 0.418 e. The number of hydrogen-bond acceptors (Lipinski definition) is 2. The first-order chi connectivity index (χ1) is 7.71. The molecule has 4 nitrogen and oxygen atoms in total. The minimum atomic E-state index is -4.74. The molecule has 0 bridgehead atoms. The van der Waals surface area contributed by atoms with E-state index in [-0.39, 0.29) is 5.02 Å². The Hall–Kier alpha value is -1.76. The molecule has 8 heteroatoms. The molecular formula is C9H5ClF3NO3. The summed E-state index contributed by atoms with van der Waals surface area (Å²) >= 11 is 5.39. The molecule has 1 aromatic carbocycles.